The summed E-state index contributed by atoms with van der Waals surface area (Å²) in [7, 11) is 0. The number of hydrogen-bond acceptors (Lipinski definition) is 3. The van der Waals surface area contributed by atoms with Gasteiger partial charge in [-0.05, 0) is 32.5 Å². The molecule has 0 atom stereocenters. The van der Waals surface area contributed by atoms with Crippen molar-refractivity contribution in [3.05, 3.63) is 23.2 Å². The van der Waals surface area contributed by atoms with Crippen LogP contribution in [0.25, 0.3) is 0 Å². The molecule has 1 rings (SSSR count). The Hall–Kier alpha value is -1.01. The second-order valence-corrected chi connectivity index (χ2v) is 4.89. The lowest BCUT2D eigenvalue weighted by atomic mass is 10.2. The third kappa shape index (κ3) is 5.96. The summed E-state index contributed by atoms with van der Waals surface area (Å²) in [5.41, 5.74) is 0.824. The van der Waals surface area contributed by atoms with Crippen molar-refractivity contribution in [2.75, 3.05) is 19.6 Å². The predicted octanol–water partition coefficient (Wildman–Crippen LogP) is 3.47. The summed E-state index contributed by atoms with van der Waals surface area (Å²) < 4.78 is 42.9. The molecule has 0 amide bonds. The van der Waals surface area contributed by atoms with E-state index >= 15 is 0 Å². The highest BCUT2D eigenvalue weighted by Crippen LogP contribution is 2.21. The van der Waals surface area contributed by atoms with E-state index in [1.54, 1.807) is 13.8 Å². The zero-order valence-electron chi connectivity index (χ0n) is 12.3. The van der Waals surface area contributed by atoms with Gasteiger partial charge >= 0.3 is 6.18 Å². The Morgan fingerprint density at radius 1 is 1.30 bits per heavy atom. The number of nitrogens with one attached hydrogen (secondary N) is 1. The van der Waals surface area contributed by atoms with Gasteiger partial charge in [-0.1, -0.05) is 13.8 Å². The first-order chi connectivity index (χ1) is 9.35. The Bertz CT molecular complexity index is 402. The Balaban J connectivity index is 2.61. The van der Waals surface area contributed by atoms with E-state index in [9.17, 15) is 13.2 Å². The van der Waals surface area contributed by atoms with E-state index in [-0.39, 0.29) is 6.54 Å². The van der Waals surface area contributed by atoms with Gasteiger partial charge in [0, 0.05) is 12.1 Å². The van der Waals surface area contributed by atoms with Gasteiger partial charge in [0.25, 0.3) is 0 Å². The van der Waals surface area contributed by atoms with E-state index in [0.29, 0.717) is 18.8 Å². The summed E-state index contributed by atoms with van der Waals surface area (Å²) >= 11 is 0. The second-order valence-electron chi connectivity index (χ2n) is 4.89. The van der Waals surface area contributed by atoms with E-state index in [0.717, 1.165) is 24.3 Å². The van der Waals surface area contributed by atoms with Crippen LogP contribution in [0.15, 0.2) is 10.5 Å². The molecule has 1 aromatic rings. The molecule has 0 aromatic carbocycles. The van der Waals surface area contributed by atoms with Crippen molar-refractivity contribution in [3.63, 3.8) is 0 Å². The van der Waals surface area contributed by atoms with Crippen LogP contribution < -0.4 is 5.32 Å². The molecule has 0 bridgehead atoms. The standard InChI is InChI=1S/C14H23F3N2O/c1-4-6-18-8-13-7-12(11(3)20-13)9-19(5-2)10-14(15,16)17/h7,18H,4-6,8-10H2,1-3H3. The zero-order chi connectivity index (χ0) is 15.2. The molecule has 1 heterocycles. The van der Waals surface area contributed by atoms with Crippen LogP contribution in [-0.4, -0.2) is 30.7 Å². The van der Waals surface area contributed by atoms with Crippen molar-refractivity contribution in [3.8, 4) is 0 Å². The van der Waals surface area contributed by atoms with Crippen molar-refractivity contribution in [2.45, 2.75) is 46.5 Å². The van der Waals surface area contributed by atoms with Crippen molar-refractivity contribution < 1.29 is 17.6 Å². The molecule has 0 saturated heterocycles. The van der Waals surface area contributed by atoms with Crippen LogP contribution in [0.1, 0.15) is 37.4 Å². The van der Waals surface area contributed by atoms with E-state index in [1.165, 1.54) is 4.90 Å². The quantitative estimate of drug-likeness (QED) is 0.744. The van der Waals surface area contributed by atoms with E-state index in [1.807, 2.05) is 6.07 Å². The Morgan fingerprint density at radius 2 is 2.00 bits per heavy atom. The SMILES string of the molecule is CCCNCc1cc(CN(CC)CC(F)(F)F)c(C)o1. The van der Waals surface area contributed by atoms with Crippen molar-refractivity contribution >= 4 is 0 Å². The highest BCUT2D eigenvalue weighted by Gasteiger charge is 2.30. The summed E-state index contributed by atoms with van der Waals surface area (Å²) in [6, 6.07) is 1.84. The molecule has 0 unspecified atom stereocenters. The molecule has 0 spiro atoms. The number of furan rings is 1. The van der Waals surface area contributed by atoms with Gasteiger partial charge in [-0.15, -0.1) is 0 Å². The molecule has 0 aliphatic heterocycles. The van der Waals surface area contributed by atoms with Gasteiger partial charge < -0.3 is 9.73 Å². The first kappa shape index (κ1) is 17.0. The summed E-state index contributed by atoms with van der Waals surface area (Å²) in [6.07, 6.45) is -3.14. The molecule has 6 heteroatoms. The van der Waals surface area contributed by atoms with Crippen LogP contribution in [-0.2, 0) is 13.1 Å². The number of rotatable bonds is 8. The molecule has 20 heavy (non-hydrogen) atoms. The Kier molecular flexibility index (Phi) is 6.55. The maximum Gasteiger partial charge on any atom is 0.401 e. The average molecular weight is 292 g/mol. The van der Waals surface area contributed by atoms with Crippen LogP contribution in [0, 0.1) is 6.92 Å². The van der Waals surface area contributed by atoms with Gasteiger partial charge in [0.05, 0.1) is 13.1 Å². The number of alkyl halides is 3. The van der Waals surface area contributed by atoms with Gasteiger partial charge in [-0.2, -0.15) is 13.2 Å². The molecular weight excluding hydrogens is 269 g/mol. The van der Waals surface area contributed by atoms with E-state index in [4.69, 9.17) is 4.42 Å². The third-order valence-electron chi connectivity index (χ3n) is 3.04. The van der Waals surface area contributed by atoms with Gasteiger partial charge in [0.1, 0.15) is 11.5 Å². The molecule has 1 aromatic heterocycles. The summed E-state index contributed by atoms with van der Waals surface area (Å²) in [5, 5.41) is 3.21. The van der Waals surface area contributed by atoms with Crippen LogP contribution in [0.5, 0.6) is 0 Å². The monoisotopic (exact) mass is 292 g/mol. The zero-order valence-corrected chi connectivity index (χ0v) is 12.3. The van der Waals surface area contributed by atoms with Gasteiger partial charge in [0.2, 0.25) is 0 Å². The maximum absolute atomic E-state index is 12.4. The summed E-state index contributed by atoms with van der Waals surface area (Å²) in [6.45, 7) is 6.82. The molecule has 0 fully saturated rings. The predicted molar refractivity (Wildman–Crippen MR) is 72.4 cm³/mol. The minimum absolute atomic E-state index is 0.263. The van der Waals surface area contributed by atoms with Gasteiger partial charge in [-0.3, -0.25) is 4.90 Å². The molecule has 3 nitrogen and oxygen atoms in total. The molecule has 0 saturated carbocycles. The van der Waals surface area contributed by atoms with E-state index in [2.05, 4.69) is 12.2 Å². The molecular formula is C14H23F3N2O. The van der Waals surface area contributed by atoms with Gasteiger partial charge in [-0.25, -0.2) is 0 Å². The minimum Gasteiger partial charge on any atom is -0.465 e. The van der Waals surface area contributed by atoms with Crippen LogP contribution in [0.2, 0.25) is 0 Å². The fraction of sp³-hybridized carbons (Fsp3) is 0.714. The topological polar surface area (TPSA) is 28.4 Å². The van der Waals surface area contributed by atoms with Crippen molar-refractivity contribution in [1.29, 1.82) is 0 Å². The lowest BCUT2D eigenvalue weighted by Crippen LogP contribution is -2.33. The van der Waals surface area contributed by atoms with E-state index < -0.39 is 12.7 Å². The number of nitrogens with zero attached hydrogens (tertiary/aromatic N) is 1. The lowest BCUT2D eigenvalue weighted by molar-refractivity contribution is -0.146. The minimum atomic E-state index is -4.17. The highest BCUT2D eigenvalue weighted by atomic mass is 19.4. The van der Waals surface area contributed by atoms with Crippen LogP contribution in [0.4, 0.5) is 13.2 Å². The number of halogens is 3. The fourth-order valence-corrected chi connectivity index (χ4v) is 1.99. The van der Waals surface area contributed by atoms with Crippen molar-refractivity contribution in [1.82, 2.24) is 10.2 Å². The largest absolute Gasteiger partial charge is 0.465 e. The maximum atomic E-state index is 12.4. The Labute approximate surface area is 118 Å². The molecule has 1 N–H and O–H groups in total. The first-order valence-electron chi connectivity index (χ1n) is 6.93. The molecule has 0 aliphatic rings. The third-order valence-corrected chi connectivity index (χ3v) is 3.04. The van der Waals surface area contributed by atoms with Gasteiger partial charge in [0.15, 0.2) is 0 Å². The van der Waals surface area contributed by atoms with Crippen LogP contribution >= 0.6 is 0 Å². The second kappa shape index (κ2) is 7.69. The number of hydrogen-bond donors (Lipinski definition) is 1. The lowest BCUT2D eigenvalue weighted by Gasteiger charge is -2.21. The highest BCUT2D eigenvalue weighted by molar-refractivity contribution is 5.20. The summed E-state index contributed by atoms with van der Waals surface area (Å²) in [4.78, 5) is 1.36. The average Bonchev–Trinajstić information content (AvgIpc) is 2.68. The fourth-order valence-electron chi connectivity index (χ4n) is 1.99. The van der Waals surface area contributed by atoms with Crippen LogP contribution in [0.3, 0.4) is 0 Å². The smallest absolute Gasteiger partial charge is 0.401 e. The molecule has 0 aliphatic carbocycles. The molecule has 0 radical (unpaired) electrons. The summed E-state index contributed by atoms with van der Waals surface area (Å²) in [5.74, 6) is 1.47. The normalized spacial score (nSPS) is 12.3. The Morgan fingerprint density at radius 3 is 2.55 bits per heavy atom. The molecule has 116 valence electrons. The first-order valence-corrected chi connectivity index (χ1v) is 6.93. The van der Waals surface area contributed by atoms with Crippen molar-refractivity contribution in [2.24, 2.45) is 0 Å². The number of aryl methyl sites for hydroxylation is 1.